The van der Waals surface area contributed by atoms with Crippen molar-refractivity contribution in [1.29, 1.82) is 0 Å². The minimum Gasteiger partial charge on any atom is -0.375 e. The number of rotatable bonds is 6. The van der Waals surface area contributed by atoms with Crippen molar-refractivity contribution in [3.05, 3.63) is 0 Å². The monoisotopic (exact) mass is 215 g/mol. The van der Waals surface area contributed by atoms with Crippen molar-refractivity contribution in [3.63, 3.8) is 0 Å². The largest absolute Gasteiger partial charge is 0.375 e. The zero-order chi connectivity index (χ0) is 11.3. The van der Waals surface area contributed by atoms with Crippen molar-refractivity contribution in [1.82, 2.24) is 5.32 Å². The molecule has 1 fully saturated rings. The Labute approximate surface area is 93.5 Å². The SMILES string of the molecule is CCOC(C)(C)CNCC1CCC(C)O1. The molecule has 0 bridgehead atoms. The summed E-state index contributed by atoms with van der Waals surface area (Å²) in [6.45, 7) is 11.0. The zero-order valence-corrected chi connectivity index (χ0v) is 10.5. The summed E-state index contributed by atoms with van der Waals surface area (Å²) in [5.74, 6) is 0. The highest BCUT2D eigenvalue weighted by Crippen LogP contribution is 2.18. The van der Waals surface area contributed by atoms with E-state index in [4.69, 9.17) is 9.47 Å². The third-order valence-corrected chi connectivity index (χ3v) is 2.78. The molecule has 2 atom stereocenters. The molecule has 3 nitrogen and oxygen atoms in total. The van der Waals surface area contributed by atoms with Crippen LogP contribution in [0.3, 0.4) is 0 Å². The highest BCUT2D eigenvalue weighted by molar-refractivity contribution is 4.76. The second-order valence-electron chi connectivity index (χ2n) is 4.97. The summed E-state index contributed by atoms with van der Waals surface area (Å²) < 4.78 is 11.3. The molecule has 0 saturated carbocycles. The van der Waals surface area contributed by atoms with Gasteiger partial charge in [0.15, 0.2) is 0 Å². The maximum Gasteiger partial charge on any atom is 0.0750 e. The number of nitrogens with one attached hydrogen (secondary N) is 1. The van der Waals surface area contributed by atoms with Crippen LogP contribution in [0, 0.1) is 0 Å². The average molecular weight is 215 g/mol. The lowest BCUT2D eigenvalue weighted by molar-refractivity contribution is -0.0124. The molecule has 1 saturated heterocycles. The normalized spacial score (nSPS) is 27.2. The summed E-state index contributed by atoms with van der Waals surface area (Å²) in [5, 5.41) is 3.42. The number of ether oxygens (including phenoxy) is 2. The van der Waals surface area contributed by atoms with Crippen LogP contribution in [0.4, 0.5) is 0 Å². The summed E-state index contributed by atoms with van der Waals surface area (Å²) in [6.07, 6.45) is 3.22. The lowest BCUT2D eigenvalue weighted by atomic mass is 10.1. The van der Waals surface area contributed by atoms with Crippen molar-refractivity contribution in [2.75, 3.05) is 19.7 Å². The Hall–Kier alpha value is -0.120. The number of hydrogen-bond acceptors (Lipinski definition) is 3. The summed E-state index contributed by atoms with van der Waals surface area (Å²) in [4.78, 5) is 0. The van der Waals surface area contributed by atoms with Gasteiger partial charge in [-0.3, -0.25) is 0 Å². The minimum atomic E-state index is -0.0705. The first-order chi connectivity index (χ1) is 7.03. The molecular weight excluding hydrogens is 190 g/mol. The Morgan fingerprint density at radius 3 is 2.67 bits per heavy atom. The van der Waals surface area contributed by atoms with E-state index in [2.05, 4.69) is 26.1 Å². The molecule has 90 valence electrons. The molecule has 2 unspecified atom stereocenters. The lowest BCUT2D eigenvalue weighted by Crippen LogP contribution is -2.40. The van der Waals surface area contributed by atoms with Crippen molar-refractivity contribution >= 4 is 0 Å². The Morgan fingerprint density at radius 1 is 1.40 bits per heavy atom. The summed E-state index contributed by atoms with van der Waals surface area (Å²) >= 11 is 0. The smallest absolute Gasteiger partial charge is 0.0750 e. The van der Waals surface area contributed by atoms with Crippen LogP contribution < -0.4 is 5.32 Å². The molecule has 3 heteroatoms. The van der Waals surface area contributed by atoms with Gasteiger partial charge < -0.3 is 14.8 Å². The molecule has 0 radical (unpaired) electrons. The van der Waals surface area contributed by atoms with Gasteiger partial charge in [0.2, 0.25) is 0 Å². The Kier molecular flexibility index (Phi) is 5.03. The molecule has 0 aliphatic carbocycles. The van der Waals surface area contributed by atoms with E-state index in [0.717, 1.165) is 19.7 Å². The van der Waals surface area contributed by atoms with Crippen LogP contribution >= 0.6 is 0 Å². The predicted molar refractivity (Wildman–Crippen MR) is 62.1 cm³/mol. The maximum absolute atomic E-state index is 5.73. The second kappa shape index (κ2) is 5.83. The third-order valence-electron chi connectivity index (χ3n) is 2.78. The van der Waals surface area contributed by atoms with E-state index >= 15 is 0 Å². The van der Waals surface area contributed by atoms with Gasteiger partial charge in [-0.2, -0.15) is 0 Å². The first-order valence-corrected chi connectivity index (χ1v) is 6.03. The van der Waals surface area contributed by atoms with E-state index in [9.17, 15) is 0 Å². The molecule has 1 aliphatic rings. The van der Waals surface area contributed by atoms with Crippen molar-refractivity contribution in [2.45, 2.75) is 58.3 Å². The fourth-order valence-corrected chi connectivity index (χ4v) is 2.01. The second-order valence-corrected chi connectivity index (χ2v) is 4.97. The van der Waals surface area contributed by atoms with Gasteiger partial charge in [0.25, 0.3) is 0 Å². The molecule has 0 aromatic carbocycles. The van der Waals surface area contributed by atoms with Crippen molar-refractivity contribution < 1.29 is 9.47 Å². The van der Waals surface area contributed by atoms with Gasteiger partial charge >= 0.3 is 0 Å². The Morgan fingerprint density at radius 2 is 2.13 bits per heavy atom. The molecule has 1 N–H and O–H groups in total. The molecule has 0 spiro atoms. The van der Waals surface area contributed by atoms with Crippen LogP contribution in [0.1, 0.15) is 40.5 Å². The molecule has 1 rings (SSSR count). The van der Waals surface area contributed by atoms with Gasteiger partial charge in [-0.1, -0.05) is 0 Å². The fraction of sp³-hybridized carbons (Fsp3) is 1.00. The van der Waals surface area contributed by atoms with Crippen LogP contribution in [-0.4, -0.2) is 37.5 Å². The van der Waals surface area contributed by atoms with Gasteiger partial charge in [-0.05, 0) is 40.5 Å². The zero-order valence-electron chi connectivity index (χ0n) is 10.5. The van der Waals surface area contributed by atoms with Crippen LogP contribution in [0.15, 0.2) is 0 Å². The molecule has 1 heterocycles. The Balaban J connectivity index is 2.10. The van der Waals surface area contributed by atoms with E-state index in [1.165, 1.54) is 12.8 Å². The Bertz CT molecular complexity index is 182. The minimum absolute atomic E-state index is 0.0705. The molecule has 15 heavy (non-hydrogen) atoms. The van der Waals surface area contributed by atoms with Crippen LogP contribution in [0.2, 0.25) is 0 Å². The van der Waals surface area contributed by atoms with Crippen LogP contribution in [-0.2, 0) is 9.47 Å². The highest BCUT2D eigenvalue weighted by atomic mass is 16.5. The number of hydrogen-bond donors (Lipinski definition) is 1. The lowest BCUT2D eigenvalue weighted by Gasteiger charge is -2.25. The highest BCUT2D eigenvalue weighted by Gasteiger charge is 2.23. The van der Waals surface area contributed by atoms with E-state index in [0.29, 0.717) is 12.2 Å². The first kappa shape index (κ1) is 12.9. The average Bonchev–Trinajstić information content (AvgIpc) is 2.51. The molecule has 0 aromatic rings. The van der Waals surface area contributed by atoms with Gasteiger partial charge in [0, 0.05) is 19.7 Å². The molecule has 0 amide bonds. The van der Waals surface area contributed by atoms with Gasteiger partial charge in [-0.25, -0.2) is 0 Å². The topological polar surface area (TPSA) is 30.5 Å². The standard InChI is InChI=1S/C12H25NO2/c1-5-14-12(3,4)9-13-8-11-7-6-10(2)15-11/h10-11,13H,5-9H2,1-4H3. The molecule has 0 aromatic heterocycles. The van der Waals surface area contributed by atoms with E-state index in [1.807, 2.05) is 6.92 Å². The van der Waals surface area contributed by atoms with Crippen molar-refractivity contribution in [3.8, 4) is 0 Å². The molecule has 1 aliphatic heterocycles. The van der Waals surface area contributed by atoms with Gasteiger partial charge in [-0.15, -0.1) is 0 Å². The summed E-state index contributed by atoms with van der Waals surface area (Å²) in [7, 11) is 0. The van der Waals surface area contributed by atoms with Gasteiger partial charge in [0.05, 0.1) is 17.8 Å². The first-order valence-electron chi connectivity index (χ1n) is 6.03. The van der Waals surface area contributed by atoms with Gasteiger partial charge in [0.1, 0.15) is 0 Å². The van der Waals surface area contributed by atoms with E-state index in [-0.39, 0.29) is 5.60 Å². The van der Waals surface area contributed by atoms with Crippen molar-refractivity contribution in [2.24, 2.45) is 0 Å². The summed E-state index contributed by atoms with van der Waals surface area (Å²) in [5.41, 5.74) is -0.0705. The van der Waals surface area contributed by atoms with E-state index < -0.39 is 0 Å². The quantitative estimate of drug-likeness (QED) is 0.734. The maximum atomic E-state index is 5.73. The van der Waals surface area contributed by atoms with E-state index in [1.54, 1.807) is 0 Å². The molecular formula is C12H25NO2. The van der Waals surface area contributed by atoms with Crippen LogP contribution in [0.25, 0.3) is 0 Å². The fourth-order valence-electron chi connectivity index (χ4n) is 2.01. The van der Waals surface area contributed by atoms with Crippen LogP contribution in [0.5, 0.6) is 0 Å². The third kappa shape index (κ3) is 4.96. The predicted octanol–water partition coefficient (Wildman–Crippen LogP) is 1.96. The summed E-state index contributed by atoms with van der Waals surface area (Å²) in [6, 6.07) is 0.